The highest BCUT2D eigenvalue weighted by atomic mass is 79.9. The first-order chi connectivity index (χ1) is 9.32. The van der Waals surface area contributed by atoms with Gasteiger partial charge in [-0.25, -0.2) is 8.42 Å². The molecule has 1 atom stereocenters. The van der Waals surface area contributed by atoms with E-state index in [9.17, 15) is 13.5 Å². The monoisotopic (exact) mass is 362 g/mol. The lowest BCUT2D eigenvalue weighted by molar-refractivity contribution is 0.0912. The Balaban J connectivity index is 2.22. The van der Waals surface area contributed by atoms with Crippen molar-refractivity contribution in [3.05, 3.63) is 22.7 Å². The number of halogens is 1. The van der Waals surface area contributed by atoms with Crippen LogP contribution in [0.2, 0.25) is 0 Å². The number of benzene rings is 1. The fourth-order valence-corrected chi connectivity index (χ4v) is 4.59. The molecule has 1 saturated heterocycles. The number of sulfonamides is 1. The van der Waals surface area contributed by atoms with E-state index in [1.165, 1.54) is 10.4 Å². The summed E-state index contributed by atoms with van der Waals surface area (Å²) in [5.41, 5.74) is 6.05. The van der Waals surface area contributed by atoms with Gasteiger partial charge in [0.05, 0.1) is 11.8 Å². The molecule has 20 heavy (non-hydrogen) atoms. The lowest BCUT2D eigenvalue weighted by Gasteiger charge is -2.32. The summed E-state index contributed by atoms with van der Waals surface area (Å²) in [6, 6.07) is 4.83. The quantitative estimate of drug-likeness (QED) is 0.803. The Hall–Kier alpha value is -0.630. The second-order valence-corrected chi connectivity index (χ2v) is 7.99. The summed E-state index contributed by atoms with van der Waals surface area (Å²) in [6.45, 7) is 2.59. The summed E-state index contributed by atoms with van der Waals surface area (Å²) < 4.78 is 27.3. The highest BCUT2D eigenvalue weighted by molar-refractivity contribution is 9.10. The van der Waals surface area contributed by atoms with Gasteiger partial charge in [-0.05, 0) is 43.9 Å². The van der Waals surface area contributed by atoms with Gasteiger partial charge >= 0.3 is 0 Å². The second kappa shape index (κ2) is 6.01. The normalized spacial score (nSPS) is 19.9. The highest BCUT2D eigenvalue weighted by Gasteiger charge is 2.32. The summed E-state index contributed by atoms with van der Waals surface area (Å²) in [7, 11) is -3.57. The van der Waals surface area contributed by atoms with E-state index in [0.29, 0.717) is 30.4 Å². The lowest BCUT2D eigenvalue weighted by Crippen LogP contribution is -2.40. The Labute approximate surface area is 128 Å². The standard InChI is InChI=1S/C13H19BrN2O3S/c1-9(17)10-4-6-16(7-5-10)20(18,19)13-8-11(14)2-3-12(13)15/h2-3,8-10,17H,4-7,15H2,1H3. The molecule has 1 aromatic carbocycles. The van der Waals surface area contributed by atoms with Crippen LogP contribution < -0.4 is 5.73 Å². The Bertz CT molecular complexity index is 581. The minimum Gasteiger partial charge on any atom is -0.398 e. The van der Waals surface area contributed by atoms with Crippen LogP contribution >= 0.6 is 15.9 Å². The van der Waals surface area contributed by atoms with E-state index in [4.69, 9.17) is 5.73 Å². The molecule has 1 heterocycles. The molecule has 0 amide bonds. The predicted octanol–water partition coefficient (Wildman–Crippen LogP) is 1.81. The third-order valence-electron chi connectivity index (χ3n) is 3.77. The van der Waals surface area contributed by atoms with Crippen molar-refractivity contribution in [2.75, 3.05) is 18.8 Å². The summed E-state index contributed by atoms with van der Waals surface area (Å²) in [4.78, 5) is 0.141. The Kier molecular flexibility index (Phi) is 4.73. The van der Waals surface area contributed by atoms with Crippen molar-refractivity contribution in [1.82, 2.24) is 4.31 Å². The SMILES string of the molecule is CC(O)C1CCN(S(=O)(=O)c2cc(Br)ccc2N)CC1. The first-order valence-electron chi connectivity index (χ1n) is 6.55. The average molecular weight is 363 g/mol. The smallest absolute Gasteiger partial charge is 0.245 e. The second-order valence-electron chi connectivity index (χ2n) is 5.16. The molecule has 1 fully saturated rings. The van der Waals surface area contributed by atoms with Crippen LogP contribution in [0, 0.1) is 5.92 Å². The topological polar surface area (TPSA) is 83.6 Å². The van der Waals surface area contributed by atoms with Gasteiger partial charge in [-0.3, -0.25) is 0 Å². The Morgan fingerprint density at radius 3 is 2.55 bits per heavy atom. The summed E-state index contributed by atoms with van der Waals surface area (Å²) >= 11 is 3.27. The zero-order valence-corrected chi connectivity index (χ0v) is 13.7. The van der Waals surface area contributed by atoms with Crippen molar-refractivity contribution < 1.29 is 13.5 Å². The maximum Gasteiger partial charge on any atom is 0.245 e. The van der Waals surface area contributed by atoms with Crippen LogP contribution in [0.4, 0.5) is 5.69 Å². The van der Waals surface area contributed by atoms with Gasteiger partial charge in [-0.2, -0.15) is 4.31 Å². The van der Waals surface area contributed by atoms with Crippen molar-refractivity contribution in [2.24, 2.45) is 5.92 Å². The zero-order valence-electron chi connectivity index (χ0n) is 11.3. The van der Waals surface area contributed by atoms with Crippen molar-refractivity contribution in [3.63, 3.8) is 0 Å². The van der Waals surface area contributed by atoms with Gasteiger partial charge in [-0.1, -0.05) is 15.9 Å². The van der Waals surface area contributed by atoms with Crippen LogP contribution in [0.15, 0.2) is 27.6 Å². The number of nitrogens with zero attached hydrogens (tertiary/aromatic N) is 1. The van der Waals surface area contributed by atoms with Crippen LogP contribution in [0.1, 0.15) is 19.8 Å². The van der Waals surface area contributed by atoms with Crippen LogP contribution in [0.25, 0.3) is 0 Å². The van der Waals surface area contributed by atoms with E-state index in [2.05, 4.69) is 15.9 Å². The fourth-order valence-electron chi connectivity index (χ4n) is 2.47. The van der Waals surface area contributed by atoms with Gasteiger partial charge in [0.1, 0.15) is 4.90 Å². The number of aliphatic hydroxyl groups excluding tert-OH is 1. The van der Waals surface area contributed by atoms with E-state index in [-0.39, 0.29) is 16.5 Å². The number of aliphatic hydroxyl groups is 1. The molecule has 1 aromatic rings. The number of piperidine rings is 1. The molecule has 0 spiro atoms. The molecule has 0 radical (unpaired) electrons. The van der Waals surface area contributed by atoms with Crippen LogP contribution in [0.3, 0.4) is 0 Å². The molecular weight excluding hydrogens is 344 g/mol. The lowest BCUT2D eigenvalue weighted by atomic mass is 9.93. The summed E-state index contributed by atoms with van der Waals surface area (Å²) in [6.07, 6.45) is 0.950. The molecule has 0 aliphatic carbocycles. The van der Waals surface area contributed by atoms with E-state index >= 15 is 0 Å². The maximum absolute atomic E-state index is 12.6. The zero-order chi connectivity index (χ0) is 14.9. The van der Waals surface area contributed by atoms with Gasteiger partial charge in [0.2, 0.25) is 10.0 Å². The highest BCUT2D eigenvalue weighted by Crippen LogP contribution is 2.29. The number of rotatable bonds is 3. The largest absolute Gasteiger partial charge is 0.398 e. The molecule has 5 nitrogen and oxygen atoms in total. The van der Waals surface area contributed by atoms with E-state index in [1.54, 1.807) is 19.1 Å². The fraction of sp³-hybridized carbons (Fsp3) is 0.538. The van der Waals surface area contributed by atoms with Gasteiger partial charge in [0.15, 0.2) is 0 Å². The minimum absolute atomic E-state index is 0.141. The molecule has 2 rings (SSSR count). The minimum atomic E-state index is -3.57. The average Bonchev–Trinajstić information content (AvgIpc) is 2.41. The molecule has 0 bridgehead atoms. The van der Waals surface area contributed by atoms with Gasteiger partial charge in [0.25, 0.3) is 0 Å². The van der Waals surface area contributed by atoms with Gasteiger partial charge in [-0.15, -0.1) is 0 Å². The van der Waals surface area contributed by atoms with Gasteiger partial charge < -0.3 is 10.8 Å². The maximum atomic E-state index is 12.6. The summed E-state index contributed by atoms with van der Waals surface area (Å²) in [5, 5.41) is 9.57. The molecule has 7 heteroatoms. The van der Waals surface area contributed by atoms with E-state index in [1.807, 2.05) is 0 Å². The number of anilines is 1. The van der Waals surface area contributed by atoms with Crippen LogP contribution in [0.5, 0.6) is 0 Å². The molecule has 112 valence electrons. The van der Waals surface area contributed by atoms with E-state index in [0.717, 1.165) is 0 Å². The van der Waals surface area contributed by atoms with Crippen molar-refractivity contribution in [2.45, 2.75) is 30.8 Å². The molecule has 1 aliphatic heterocycles. The van der Waals surface area contributed by atoms with Crippen LogP contribution in [-0.4, -0.2) is 37.0 Å². The number of hydrogen-bond acceptors (Lipinski definition) is 4. The van der Waals surface area contributed by atoms with Crippen molar-refractivity contribution >= 4 is 31.6 Å². The molecular formula is C13H19BrN2O3S. The first-order valence-corrected chi connectivity index (χ1v) is 8.79. The molecule has 0 aromatic heterocycles. The van der Waals surface area contributed by atoms with E-state index < -0.39 is 16.1 Å². The Morgan fingerprint density at radius 2 is 2.00 bits per heavy atom. The number of hydrogen-bond donors (Lipinski definition) is 2. The summed E-state index contributed by atoms with van der Waals surface area (Å²) in [5.74, 6) is 0.168. The molecule has 1 unspecified atom stereocenters. The first kappa shape index (κ1) is 15.8. The molecule has 3 N–H and O–H groups in total. The van der Waals surface area contributed by atoms with Crippen molar-refractivity contribution in [1.29, 1.82) is 0 Å². The van der Waals surface area contributed by atoms with Gasteiger partial charge in [0, 0.05) is 17.6 Å². The Morgan fingerprint density at radius 1 is 1.40 bits per heavy atom. The number of nitrogen functional groups attached to an aromatic ring is 1. The molecule has 0 saturated carbocycles. The predicted molar refractivity (Wildman–Crippen MR) is 81.7 cm³/mol. The van der Waals surface area contributed by atoms with Crippen LogP contribution in [-0.2, 0) is 10.0 Å². The molecule has 1 aliphatic rings. The number of nitrogens with two attached hydrogens (primary N) is 1. The third kappa shape index (κ3) is 3.16. The van der Waals surface area contributed by atoms with Crippen molar-refractivity contribution in [3.8, 4) is 0 Å². The third-order valence-corrected chi connectivity index (χ3v) is 6.22.